The van der Waals surface area contributed by atoms with E-state index in [0.29, 0.717) is 41.0 Å². The second kappa shape index (κ2) is 11.5. The van der Waals surface area contributed by atoms with Crippen LogP contribution in [0.15, 0.2) is 65.7 Å². The topological polar surface area (TPSA) is 90.4 Å². The molecule has 0 aliphatic carbocycles. The van der Waals surface area contributed by atoms with Crippen LogP contribution in [0.4, 0.5) is 0 Å². The van der Waals surface area contributed by atoms with E-state index in [1.807, 2.05) is 0 Å². The molecule has 1 N–H and O–H groups in total. The van der Waals surface area contributed by atoms with Crippen molar-refractivity contribution in [2.75, 3.05) is 26.2 Å². The molecule has 1 fully saturated rings. The highest BCUT2D eigenvalue weighted by Gasteiger charge is 2.38. The number of allylic oxidation sites excluding steroid dienone is 1. The Hall–Kier alpha value is -2.43. The fraction of sp³-hybridized carbons (Fsp3) is 0.400. The molecule has 8 nitrogen and oxygen atoms in total. The van der Waals surface area contributed by atoms with Gasteiger partial charge in [-0.05, 0) is 87.3 Å². The lowest BCUT2D eigenvalue weighted by atomic mass is 10.1. The number of halogens is 1. The first kappa shape index (κ1) is 25.7. The minimum atomic E-state index is -4.02. The molecule has 4 rings (SSSR count). The van der Waals surface area contributed by atoms with Gasteiger partial charge in [0.05, 0.1) is 4.90 Å². The van der Waals surface area contributed by atoms with Gasteiger partial charge in [0.25, 0.3) is 5.91 Å². The summed E-state index contributed by atoms with van der Waals surface area (Å²) >= 11 is 5.91. The number of hydrogen-bond acceptors (Lipinski definition) is 6. The number of hydroxylamine groups is 2. The number of rotatable bonds is 8. The zero-order valence-corrected chi connectivity index (χ0v) is 21.0. The standard InChI is InChI=1S/C25H30ClN3O5S/c26-20-7-9-21(10-8-20)34-22-11-13-23(14-12-22)35(32,33)29(19-18-27-15-3-1-4-16-27)24-6-2-5-17-28(31)25(24)30/h5,7-14,17,24,31H,1-4,6,15-16,18-19H2/t24-/m1/s1. The van der Waals surface area contributed by atoms with Gasteiger partial charge in [0.1, 0.15) is 17.5 Å². The van der Waals surface area contributed by atoms with Crippen LogP contribution in [0.3, 0.4) is 0 Å². The molecule has 0 bridgehead atoms. The summed E-state index contributed by atoms with van der Waals surface area (Å²) < 4.78 is 34.5. The van der Waals surface area contributed by atoms with E-state index in [1.165, 1.54) is 29.1 Å². The van der Waals surface area contributed by atoms with Crippen LogP contribution in [0.5, 0.6) is 11.5 Å². The number of sulfonamides is 1. The van der Waals surface area contributed by atoms with Crippen LogP contribution in [0, 0.1) is 0 Å². The van der Waals surface area contributed by atoms with Crippen molar-refractivity contribution in [2.45, 2.75) is 43.0 Å². The van der Waals surface area contributed by atoms with Crippen molar-refractivity contribution in [3.05, 3.63) is 65.8 Å². The summed E-state index contributed by atoms with van der Waals surface area (Å²) in [5.74, 6) is 0.402. The third-order valence-electron chi connectivity index (χ3n) is 6.28. The molecule has 0 saturated carbocycles. The molecule has 0 spiro atoms. The molecule has 0 unspecified atom stereocenters. The number of amides is 1. The molecule has 2 aromatic rings. The third-order valence-corrected chi connectivity index (χ3v) is 8.45. The van der Waals surface area contributed by atoms with E-state index in [4.69, 9.17) is 16.3 Å². The Labute approximate surface area is 211 Å². The summed E-state index contributed by atoms with van der Waals surface area (Å²) in [7, 11) is -4.02. The van der Waals surface area contributed by atoms with E-state index in [9.17, 15) is 18.4 Å². The van der Waals surface area contributed by atoms with Gasteiger partial charge in [0.15, 0.2) is 0 Å². The number of likely N-dealkylation sites (tertiary alicyclic amines) is 1. The van der Waals surface area contributed by atoms with Crippen LogP contribution in [0.1, 0.15) is 32.1 Å². The molecule has 35 heavy (non-hydrogen) atoms. The summed E-state index contributed by atoms with van der Waals surface area (Å²) in [6, 6.07) is 12.0. The lowest BCUT2D eigenvalue weighted by molar-refractivity contribution is -0.158. The smallest absolute Gasteiger partial charge is 0.268 e. The number of benzene rings is 2. The van der Waals surface area contributed by atoms with Gasteiger partial charge >= 0.3 is 0 Å². The average molecular weight is 520 g/mol. The Morgan fingerprint density at radius 3 is 2.29 bits per heavy atom. The van der Waals surface area contributed by atoms with Crippen LogP contribution in [-0.2, 0) is 14.8 Å². The number of hydrogen-bond donors (Lipinski definition) is 1. The van der Waals surface area contributed by atoms with E-state index < -0.39 is 22.0 Å². The first-order chi connectivity index (χ1) is 16.8. The monoisotopic (exact) mass is 519 g/mol. The van der Waals surface area contributed by atoms with Gasteiger partial charge in [-0.15, -0.1) is 0 Å². The Kier molecular flexibility index (Phi) is 8.46. The zero-order chi connectivity index (χ0) is 24.8. The fourth-order valence-corrected chi connectivity index (χ4v) is 6.09. The van der Waals surface area contributed by atoms with Crippen LogP contribution >= 0.6 is 11.6 Å². The van der Waals surface area contributed by atoms with Gasteiger partial charge in [-0.2, -0.15) is 9.37 Å². The number of piperidine rings is 1. The second-order valence-corrected chi connectivity index (χ2v) is 11.0. The van der Waals surface area contributed by atoms with Gasteiger partial charge in [-0.3, -0.25) is 10.0 Å². The predicted octanol–water partition coefficient (Wildman–Crippen LogP) is 4.50. The Bertz CT molecular complexity index is 1130. The van der Waals surface area contributed by atoms with Gasteiger partial charge in [0, 0.05) is 24.3 Å². The van der Waals surface area contributed by atoms with Crippen LogP contribution in [-0.4, -0.2) is 66.0 Å². The number of carbonyl (C=O) groups excluding carboxylic acids is 1. The van der Waals surface area contributed by atoms with Crippen molar-refractivity contribution < 1.29 is 23.2 Å². The lowest BCUT2D eigenvalue weighted by Crippen LogP contribution is -2.51. The molecule has 2 aliphatic rings. The molecule has 188 valence electrons. The maximum atomic E-state index is 13.8. The van der Waals surface area contributed by atoms with E-state index in [-0.39, 0.29) is 11.4 Å². The average Bonchev–Trinajstić information content (AvgIpc) is 3.02. The first-order valence-corrected chi connectivity index (χ1v) is 13.6. The Balaban J connectivity index is 1.56. The number of ether oxygens (including phenoxy) is 1. The van der Waals surface area contributed by atoms with Crippen LogP contribution in [0.2, 0.25) is 5.02 Å². The highest BCUT2D eigenvalue weighted by molar-refractivity contribution is 7.89. The van der Waals surface area contributed by atoms with E-state index >= 15 is 0 Å². The van der Waals surface area contributed by atoms with Crippen molar-refractivity contribution in [1.29, 1.82) is 0 Å². The quantitative estimate of drug-likeness (QED) is 0.516. The summed E-state index contributed by atoms with van der Waals surface area (Å²) in [6.07, 6.45) is 7.06. The number of nitrogens with zero attached hydrogens (tertiary/aromatic N) is 3. The zero-order valence-electron chi connectivity index (χ0n) is 19.4. The van der Waals surface area contributed by atoms with Gasteiger partial charge in [-0.1, -0.05) is 24.1 Å². The molecule has 1 amide bonds. The molecule has 0 radical (unpaired) electrons. The highest BCUT2D eigenvalue weighted by Crippen LogP contribution is 2.28. The van der Waals surface area contributed by atoms with Crippen LogP contribution in [0.25, 0.3) is 0 Å². The lowest BCUT2D eigenvalue weighted by Gasteiger charge is -2.33. The minimum absolute atomic E-state index is 0.0640. The second-order valence-electron chi connectivity index (χ2n) is 8.71. The molecule has 2 aliphatic heterocycles. The van der Waals surface area contributed by atoms with E-state index in [2.05, 4.69) is 4.90 Å². The number of carbonyl (C=O) groups is 1. The van der Waals surface area contributed by atoms with E-state index in [1.54, 1.807) is 42.5 Å². The first-order valence-electron chi connectivity index (χ1n) is 11.8. The predicted molar refractivity (Wildman–Crippen MR) is 133 cm³/mol. The third kappa shape index (κ3) is 6.42. The minimum Gasteiger partial charge on any atom is -0.457 e. The van der Waals surface area contributed by atoms with Gasteiger partial charge < -0.3 is 9.64 Å². The molecule has 0 aromatic heterocycles. The summed E-state index contributed by atoms with van der Waals surface area (Å²) in [5.41, 5.74) is 0. The highest BCUT2D eigenvalue weighted by atomic mass is 35.5. The normalized spacial score (nSPS) is 19.7. The molecule has 10 heteroatoms. The Morgan fingerprint density at radius 1 is 1.00 bits per heavy atom. The largest absolute Gasteiger partial charge is 0.457 e. The van der Waals surface area contributed by atoms with E-state index in [0.717, 1.165) is 25.9 Å². The van der Waals surface area contributed by atoms with Crippen molar-refractivity contribution in [3.63, 3.8) is 0 Å². The van der Waals surface area contributed by atoms with Crippen molar-refractivity contribution in [2.24, 2.45) is 0 Å². The maximum Gasteiger partial charge on any atom is 0.268 e. The molecule has 2 aromatic carbocycles. The molecule has 1 saturated heterocycles. The van der Waals surface area contributed by atoms with Crippen molar-refractivity contribution in [1.82, 2.24) is 14.3 Å². The van der Waals surface area contributed by atoms with Crippen LogP contribution < -0.4 is 4.74 Å². The van der Waals surface area contributed by atoms with Crippen molar-refractivity contribution >= 4 is 27.5 Å². The fourth-order valence-electron chi connectivity index (χ4n) is 4.37. The maximum absolute atomic E-state index is 13.8. The van der Waals surface area contributed by atoms with Gasteiger partial charge in [0.2, 0.25) is 10.0 Å². The Morgan fingerprint density at radius 2 is 1.63 bits per heavy atom. The van der Waals surface area contributed by atoms with Gasteiger partial charge in [-0.25, -0.2) is 8.42 Å². The summed E-state index contributed by atoms with van der Waals surface area (Å²) in [6.45, 7) is 2.52. The summed E-state index contributed by atoms with van der Waals surface area (Å²) in [5, 5.41) is 11.1. The molecular weight excluding hydrogens is 490 g/mol. The molecule has 1 atom stereocenters. The summed E-state index contributed by atoms with van der Waals surface area (Å²) in [4.78, 5) is 15.2. The molecular formula is C25H30ClN3O5S. The SMILES string of the molecule is O=C1[C@H](N(CCN2CCCCC2)S(=O)(=O)c2ccc(Oc3ccc(Cl)cc3)cc2)CCC=CN1O. The van der Waals surface area contributed by atoms with Crippen molar-refractivity contribution in [3.8, 4) is 11.5 Å². The molecule has 2 heterocycles.